The summed E-state index contributed by atoms with van der Waals surface area (Å²) in [6, 6.07) is 10.2. The highest BCUT2D eigenvalue weighted by atomic mass is 32.2. The standard InChI is InChI=1S/C21H28N4O2S/c1-14-6-8-17(9-7-14)24-10-11-25(19(13-24)21(26)28-5)23-18-12-15(2)16(3)22-20(18)27-4/h6-9,12,19,23H,10-11,13H2,1-5H3. The number of thioether (sulfide) groups is 1. The second kappa shape index (κ2) is 8.84. The van der Waals surface area contributed by atoms with Crippen molar-refractivity contribution in [2.75, 3.05) is 43.3 Å². The quantitative estimate of drug-likeness (QED) is 0.825. The van der Waals surface area contributed by atoms with Gasteiger partial charge in [0.1, 0.15) is 11.7 Å². The predicted molar refractivity (Wildman–Crippen MR) is 116 cm³/mol. The highest BCUT2D eigenvalue weighted by molar-refractivity contribution is 8.13. The molecule has 150 valence electrons. The molecule has 1 aliphatic heterocycles. The predicted octanol–water partition coefficient (Wildman–Crippen LogP) is 3.42. The van der Waals surface area contributed by atoms with Crippen LogP contribution in [0.4, 0.5) is 11.4 Å². The first kappa shape index (κ1) is 20.5. The monoisotopic (exact) mass is 400 g/mol. The summed E-state index contributed by atoms with van der Waals surface area (Å²) in [6.45, 7) is 8.23. The molecule has 0 radical (unpaired) electrons. The van der Waals surface area contributed by atoms with Crippen LogP contribution in [0, 0.1) is 20.8 Å². The van der Waals surface area contributed by atoms with Gasteiger partial charge in [-0.05, 0) is 50.8 Å². The van der Waals surface area contributed by atoms with E-state index in [0.717, 1.165) is 29.2 Å². The van der Waals surface area contributed by atoms with Crippen molar-refractivity contribution in [3.8, 4) is 5.88 Å². The summed E-state index contributed by atoms with van der Waals surface area (Å²) in [7, 11) is 1.61. The van der Waals surface area contributed by atoms with Gasteiger partial charge in [0.2, 0.25) is 11.0 Å². The van der Waals surface area contributed by atoms with Gasteiger partial charge in [-0.3, -0.25) is 4.79 Å². The van der Waals surface area contributed by atoms with Crippen LogP contribution in [0.5, 0.6) is 5.88 Å². The van der Waals surface area contributed by atoms with Gasteiger partial charge in [0.25, 0.3) is 0 Å². The number of hydrogen-bond donors (Lipinski definition) is 1. The molecule has 3 rings (SSSR count). The molecule has 1 N–H and O–H groups in total. The summed E-state index contributed by atoms with van der Waals surface area (Å²) in [5.41, 5.74) is 8.58. The van der Waals surface area contributed by atoms with Crippen LogP contribution < -0.4 is 15.1 Å². The van der Waals surface area contributed by atoms with Gasteiger partial charge in [0, 0.05) is 31.0 Å². The molecule has 1 saturated heterocycles. The molecule has 1 atom stereocenters. The molecule has 1 aromatic heterocycles. The fraction of sp³-hybridized carbons (Fsp3) is 0.429. The van der Waals surface area contributed by atoms with Gasteiger partial charge in [-0.25, -0.2) is 9.99 Å². The first-order valence-electron chi connectivity index (χ1n) is 9.38. The molecule has 0 amide bonds. The summed E-state index contributed by atoms with van der Waals surface area (Å²) in [6.07, 6.45) is 1.84. The minimum atomic E-state index is -0.267. The van der Waals surface area contributed by atoms with E-state index in [-0.39, 0.29) is 11.2 Å². The van der Waals surface area contributed by atoms with Crippen molar-refractivity contribution in [3.63, 3.8) is 0 Å². The van der Waals surface area contributed by atoms with Crippen LogP contribution in [0.25, 0.3) is 0 Å². The zero-order valence-electron chi connectivity index (χ0n) is 17.2. The SMILES string of the molecule is COc1nc(C)c(C)cc1NN1CCN(c2ccc(C)cc2)CC1C(=O)SC. The Labute approximate surface area is 171 Å². The van der Waals surface area contributed by atoms with E-state index in [0.29, 0.717) is 19.0 Å². The molecule has 0 aliphatic carbocycles. The number of aromatic nitrogens is 1. The van der Waals surface area contributed by atoms with E-state index in [9.17, 15) is 4.79 Å². The third-order valence-corrected chi connectivity index (χ3v) is 5.82. The molecule has 1 aliphatic rings. The lowest BCUT2D eigenvalue weighted by Crippen LogP contribution is -2.58. The van der Waals surface area contributed by atoms with E-state index >= 15 is 0 Å². The van der Waals surface area contributed by atoms with Crippen molar-refractivity contribution in [1.82, 2.24) is 9.99 Å². The van der Waals surface area contributed by atoms with E-state index in [4.69, 9.17) is 4.74 Å². The molecule has 1 unspecified atom stereocenters. The normalized spacial score (nSPS) is 17.5. The van der Waals surface area contributed by atoms with E-state index in [1.165, 1.54) is 17.3 Å². The van der Waals surface area contributed by atoms with E-state index in [1.807, 2.05) is 31.2 Å². The van der Waals surface area contributed by atoms with Gasteiger partial charge in [0.15, 0.2) is 0 Å². The molecule has 1 fully saturated rings. The summed E-state index contributed by atoms with van der Waals surface area (Å²) in [4.78, 5) is 19.5. The van der Waals surface area contributed by atoms with Crippen LogP contribution in [0.15, 0.2) is 30.3 Å². The van der Waals surface area contributed by atoms with E-state index in [1.54, 1.807) is 7.11 Å². The van der Waals surface area contributed by atoms with Crippen LogP contribution in [-0.4, -0.2) is 54.1 Å². The Hall–Kier alpha value is -2.25. The van der Waals surface area contributed by atoms with Gasteiger partial charge in [0.05, 0.1) is 7.11 Å². The minimum absolute atomic E-state index is 0.139. The Bertz CT molecular complexity index is 841. The molecular weight excluding hydrogens is 372 g/mol. The second-order valence-corrected chi connectivity index (χ2v) is 7.88. The van der Waals surface area contributed by atoms with E-state index in [2.05, 4.69) is 46.5 Å². The zero-order chi connectivity index (χ0) is 20.3. The van der Waals surface area contributed by atoms with Crippen LogP contribution in [0.3, 0.4) is 0 Å². The summed E-state index contributed by atoms with van der Waals surface area (Å²) in [5, 5.41) is 2.15. The first-order chi connectivity index (χ1) is 13.4. The molecule has 2 aromatic rings. The first-order valence-corrected chi connectivity index (χ1v) is 10.6. The Morgan fingerprint density at radius 3 is 2.57 bits per heavy atom. The van der Waals surface area contributed by atoms with Gasteiger partial charge < -0.3 is 15.1 Å². The Balaban J connectivity index is 1.82. The fourth-order valence-corrected chi connectivity index (χ4v) is 3.79. The maximum absolute atomic E-state index is 12.7. The summed E-state index contributed by atoms with van der Waals surface area (Å²) < 4.78 is 5.45. The topological polar surface area (TPSA) is 57.7 Å². The maximum atomic E-state index is 12.7. The van der Waals surface area contributed by atoms with Crippen molar-refractivity contribution in [2.45, 2.75) is 26.8 Å². The number of carbonyl (C=O) groups is 1. The largest absolute Gasteiger partial charge is 0.479 e. The van der Waals surface area contributed by atoms with E-state index < -0.39 is 0 Å². The van der Waals surface area contributed by atoms with Gasteiger partial charge in [-0.2, -0.15) is 0 Å². The van der Waals surface area contributed by atoms with Crippen LogP contribution in [0.1, 0.15) is 16.8 Å². The van der Waals surface area contributed by atoms with Crippen molar-refractivity contribution < 1.29 is 9.53 Å². The van der Waals surface area contributed by atoms with Crippen molar-refractivity contribution >= 4 is 28.3 Å². The fourth-order valence-electron chi connectivity index (χ4n) is 3.32. The van der Waals surface area contributed by atoms with Crippen LogP contribution >= 0.6 is 11.8 Å². The second-order valence-electron chi connectivity index (χ2n) is 7.07. The smallest absolute Gasteiger partial charge is 0.238 e. The molecule has 0 spiro atoms. The molecule has 2 heterocycles. The summed E-state index contributed by atoms with van der Waals surface area (Å²) >= 11 is 1.27. The number of rotatable bonds is 5. The molecule has 7 heteroatoms. The number of aryl methyl sites for hydroxylation is 3. The average molecular weight is 401 g/mol. The molecule has 28 heavy (non-hydrogen) atoms. The van der Waals surface area contributed by atoms with Crippen LogP contribution in [0.2, 0.25) is 0 Å². The number of nitrogens with one attached hydrogen (secondary N) is 1. The molecule has 0 bridgehead atoms. The summed E-state index contributed by atoms with van der Waals surface area (Å²) in [5.74, 6) is 0.541. The lowest BCUT2D eigenvalue weighted by atomic mass is 10.1. The number of carbonyl (C=O) groups excluding carboxylic acids is 1. The Morgan fingerprint density at radius 1 is 1.21 bits per heavy atom. The number of anilines is 2. The highest BCUT2D eigenvalue weighted by Gasteiger charge is 2.33. The molecule has 1 aromatic carbocycles. The number of piperazine rings is 1. The lowest BCUT2D eigenvalue weighted by molar-refractivity contribution is -0.115. The molecular formula is C21H28N4O2S. The number of pyridine rings is 1. The van der Waals surface area contributed by atoms with Gasteiger partial charge in [-0.1, -0.05) is 29.5 Å². The zero-order valence-corrected chi connectivity index (χ0v) is 18.0. The maximum Gasteiger partial charge on any atom is 0.238 e. The number of ether oxygens (including phenoxy) is 1. The Kier molecular flexibility index (Phi) is 6.46. The van der Waals surface area contributed by atoms with Gasteiger partial charge >= 0.3 is 0 Å². The number of hydrazine groups is 1. The van der Waals surface area contributed by atoms with Gasteiger partial charge in [-0.15, -0.1) is 0 Å². The van der Waals surface area contributed by atoms with Crippen molar-refractivity contribution in [2.24, 2.45) is 0 Å². The van der Waals surface area contributed by atoms with Crippen LogP contribution in [-0.2, 0) is 4.79 Å². The third-order valence-electron chi connectivity index (χ3n) is 5.14. The molecule has 0 saturated carbocycles. The third kappa shape index (κ3) is 4.42. The highest BCUT2D eigenvalue weighted by Crippen LogP contribution is 2.28. The number of hydrogen-bond acceptors (Lipinski definition) is 7. The minimum Gasteiger partial charge on any atom is -0.479 e. The number of methoxy groups -OCH3 is 1. The Morgan fingerprint density at radius 2 is 1.93 bits per heavy atom. The molecule has 6 nitrogen and oxygen atoms in total. The van der Waals surface area contributed by atoms with Crippen molar-refractivity contribution in [3.05, 3.63) is 47.2 Å². The van der Waals surface area contributed by atoms with Crippen molar-refractivity contribution in [1.29, 1.82) is 0 Å². The average Bonchev–Trinajstić information content (AvgIpc) is 2.70. The lowest BCUT2D eigenvalue weighted by Gasteiger charge is -2.41. The number of benzene rings is 1. The number of nitrogens with zero attached hydrogens (tertiary/aromatic N) is 3.